The second kappa shape index (κ2) is 13.1. The molecule has 1 aliphatic heterocycles. The maximum atomic E-state index is 14.2. The number of hydrogen-bond acceptors (Lipinski definition) is 10. The van der Waals surface area contributed by atoms with E-state index in [1.807, 2.05) is 30.3 Å². The van der Waals surface area contributed by atoms with E-state index in [0.717, 1.165) is 0 Å². The average molecular weight is 617 g/mol. The highest BCUT2D eigenvalue weighted by Crippen LogP contribution is 2.40. The third kappa shape index (κ3) is 5.53. The van der Waals surface area contributed by atoms with Crippen LogP contribution >= 0.6 is 11.3 Å². The number of carbonyl (C=O) groups is 1. The average Bonchev–Trinajstić information content (AvgIpc) is 3.37. The molecule has 44 heavy (non-hydrogen) atoms. The molecule has 3 aromatic carbocycles. The highest BCUT2D eigenvalue weighted by molar-refractivity contribution is 7.07. The summed E-state index contributed by atoms with van der Waals surface area (Å²) in [6, 6.07) is 17.3. The molecule has 0 unspecified atom stereocenters. The molecule has 11 heteroatoms. The summed E-state index contributed by atoms with van der Waals surface area (Å²) in [6.07, 6.45) is 1.73. The van der Waals surface area contributed by atoms with Crippen molar-refractivity contribution in [1.82, 2.24) is 4.57 Å². The summed E-state index contributed by atoms with van der Waals surface area (Å²) in [4.78, 5) is 33.3. The number of nitrogens with zero attached hydrogens (tertiary/aromatic N) is 2. The molecule has 0 N–H and O–H groups in total. The van der Waals surface area contributed by atoms with Crippen LogP contribution in [0.3, 0.4) is 0 Å². The number of ether oxygens (including phenoxy) is 6. The fourth-order valence-corrected chi connectivity index (χ4v) is 6.12. The first-order chi connectivity index (χ1) is 21.4. The molecule has 0 bridgehead atoms. The lowest BCUT2D eigenvalue weighted by Crippen LogP contribution is -2.40. The van der Waals surface area contributed by atoms with Crippen LogP contribution in [-0.2, 0) is 9.53 Å². The van der Waals surface area contributed by atoms with Gasteiger partial charge >= 0.3 is 5.97 Å². The molecule has 0 aliphatic carbocycles. The standard InChI is InChI=1S/C33H32N2O8S/c1-7-43-32(37)27-28(20-11-9-8-10-12-20)34-33-35(29(27)21-13-14-22(38-2)23(18-21)39-3)31(36)26(44-33)17-19-15-24(40-4)30(42-6)25(16-19)41-5/h8-18,29H,7H2,1-6H3/b26-17-/t29-/m1/s1. The minimum Gasteiger partial charge on any atom is -0.493 e. The Bertz CT molecular complexity index is 1890. The van der Waals surface area contributed by atoms with Gasteiger partial charge in [0.05, 0.1) is 64.0 Å². The summed E-state index contributed by atoms with van der Waals surface area (Å²) in [6.45, 7) is 1.88. The highest BCUT2D eigenvalue weighted by atomic mass is 32.1. The molecule has 0 fully saturated rings. The van der Waals surface area contributed by atoms with Gasteiger partial charge in [-0.25, -0.2) is 9.79 Å². The van der Waals surface area contributed by atoms with E-state index in [0.29, 0.717) is 60.5 Å². The Hall–Kier alpha value is -5.03. The van der Waals surface area contributed by atoms with E-state index in [9.17, 15) is 9.59 Å². The summed E-state index contributed by atoms with van der Waals surface area (Å²) < 4.78 is 35.0. The van der Waals surface area contributed by atoms with Crippen molar-refractivity contribution in [1.29, 1.82) is 0 Å². The van der Waals surface area contributed by atoms with E-state index in [1.165, 1.54) is 44.3 Å². The predicted octanol–water partition coefficient (Wildman–Crippen LogP) is 3.98. The molecule has 5 rings (SSSR count). The van der Waals surface area contributed by atoms with E-state index < -0.39 is 12.0 Å². The number of benzene rings is 3. The van der Waals surface area contributed by atoms with Crippen LogP contribution < -0.4 is 38.6 Å². The number of thiazole rings is 1. The molecule has 0 saturated heterocycles. The fourth-order valence-electron chi connectivity index (χ4n) is 5.11. The molecule has 2 heterocycles. The Morgan fingerprint density at radius 2 is 1.52 bits per heavy atom. The van der Waals surface area contributed by atoms with E-state index in [4.69, 9.17) is 33.4 Å². The number of fused-ring (bicyclic) bond motifs is 1. The van der Waals surface area contributed by atoms with Crippen molar-refractivity contribution in [3.8, 4) is 28.7 Å². The van der Waals surface area contributed by atoms with Gasteiger partial charge in [-0.1, -0.05) is 47.7 Å². The molecule has 1 aromatic heterocycles. The van der Waals surface area contributed by atoms with Gasteiger partial charge < -0.3 is 28.4 Å². The van der Waals surface area contributed by atoms with Crippen LogP contribution in [0, 0.1) is 0 Å². The number of esters is 1. The topological polar surface area (TPSA) is 107 Å². The highest BCUT2D eigenvalue weighted by Gasteiger charge is 2.35. The van der Waals surface area contributed by atoms with Crippen LogP contribution in [0.1, 0.15) is 29.7 Å². The van der Waals surface area contributed by atoms with Gasteiger partial charge in [0.1, 0.15) is 0 Å². The van der Waals surface area contributed by atoms with Crippen LogP contribution in [0.15, 0.2) is 76.0 Å². The second-order valence-electron chi connectivity index (χ2n) is 9.50. The second-order valence-corrected chi connectivity index (χ2v) is 10.5. The molecule has 1 atom stereocenters. The van der Waals surface area contributed by atoms with Crippen molar-refractivity contribution in [3.05, 3.63) is 103 Å². The Kier molecular flexibility index (Phi) is 9.05. The van der Waals surface area contributed by atoms with E-state index in [-0.39, 0.29) is 17.7 Å². The fraction of sp³-hybridized carbons (Fsp3) is 0.242. The van der Waals surface area contributed by atoms with E-state index >= 15 is 0 Å². The SMILES string of the molecule is CCOC(=O)C1=C(c2ccccc2)N=c2s/c(=C\c3cc(OC)c(OC)c(OC)c3)c(=O)n2[C@@H]1c1ccc(OC)c(OC)c1. The van der Waals surface area contributed by atoms with Gasteiger partial charge in [-0.3, -0.25) is 9.36 Å². The van der Waals surface area contributed by atoms with Gasteiger partial charge in [0.25, 0.3) is 5.56 Å². The van der Waals surface area contributed by atoms with Crippen LogP contribution in [0.25, 0.3) is 11.8 Å². The molecular weight excluding hydrogens is 584 g/mol. The lowest BCUT2D eigenvalue weighted by Gasteiger charge is -2.26. The summed E-state index contributed by atoms with van der Waals surface area (Å²) in [5.41, 5.74) is 2.30. The third-order valence-electron chi connectivity index (χ3n) is 7.08. The van der Waals surface area contributed by atoms with Crippen molar-refractivity contribution < 1.29 is 33.2 Å². The van der Waals surface area contributed by atoms with Gasteiger partial charge in [0.2, 0.25) is 5.75 Å². The molecular formula is C33H32N2O8S. The Morgan fingerprint density at radius 3 is 2.11 bits per heavy atom. The Morgan fingerprint density at radius 1 is 0.864 bits per heavy atom. The number of methoxy groups -OCH3 is 5. The molecule has 0 saturated carbocycles. The zero-order valence-electron chi connectivity index (χ0n) is 25.2. The van der Waals surface area contributed by atoms with E-state index in [2.05, 4.69) is 0 Å². The molecule has 4 aromatic rings. The lowest BCUT2D eigenvalue weighted by molar-refractivity contribution is -0.138. The number of rotatable bonds is 10. The Balaban J connectivity index is 1.83. The Labute approximate surface area is 258 Å². The van der Waals surface area contributed by atoms with Gasteiger partial charge in [-0.15, -0.1) is 0 Å². The first-order valence-corrected chi connectivity index (χ1v) is 14.5. The quantitative estimate of drug-likeness (QED) is 0.247. The first-order valence-electron chi connectivity index (χ1n) is 13.7. The van der Waals surface area contributed by atoms with Crippen molar-refractivity contribution in [2.75, 3.05) is 42.2 Å². The zero-order valence-corrected chi connectivity index (χ0v) is 26.0. The van der Waals surface area contributed by atoms with Gasteiger partial charge in [0, 0.05) is 5.56 Å². The number of aromatic nitrogens is 1. The van der Waals surface area contributed by atoms with Crippen LogP contribution in [-0.4, -0.2) is 52.7 Å². The van der Waals surface area contributed by atoms with Crippen molar-refractivity contribution >= 4 is 29.1 Å². The van der Waals surface area contributed by atoms with Crippen molar-refractivity contribution in [3.63, 3.8) is 0 Å². The van der Waals surface area contributed by atoms with Gasteiger partial charge in [0.15, 0.2) is 27.8 Å². The maximum Gasteiger partial charge on any atom is 0.338 e. The third-order valence-corrected chi connectivity index (χ3v) is 8.06. The van der Waals surface area contributed by atoms with Gasteiger partial charge in [-0.2, -0.15) is 0 Å². The van der Waals surface area contributed by atoms with Crippen molar-refractivity contribution in [2.24, 2.45) is 4.99 Å². The van der Waals surface area contributed by atoms with Crippen LogP contribution in [0.2, 0.25) is 0 Å². The van der Waals surface area contributed by atoms with Crippen LogP contribution in [0.4, 0.5) is 0 Å². The molecule has 0 spiro atoms. The van der Waals surface area contributed by atoms with Crippen molar-refractivity contribution in [2.45, 2.75) is 13.0 Å². The smallest absolute Gasteiger partial charge is 0.338 e. The predicted molar refractivity (Wildman–Crippen MR) is 167 cm³/mol. The minimum absolute atomic E-state index is 0.147. The molecule has 10 nitrogen and oxygen atoms in total. The largest absolute Gasteiger partial charge is 0.493 e. The zero-order chi connectivity index (χ0) is 31.4. The summed E-state index contributed by atoms with van der Waals surface area (Å²) in [7, 11) is 7.65. The molecule has 0 amide bonds. The molecule has 0 radical (unpaired) electrons. The van der Waals surface area contributed by atoms with Crippen LogP contribution in [0.5, 0.6) is 28.7 Å². The lowest BCUT2D eigenvalue weighted by atomic mass is 9.93. The summed E-state index contributed by atoms with van der Waals surface area (Å²) >= 11 is 1.21. The normalized spacial score (nSPS) is 14.4. The van der Waals surface area contributed by atoms with E-state index in [1.54, 1.807) is 50.4 Å². The number of carbonyl (C=O) groups excluding carboxylic acids is 1. The van der Waals surface area contributed by atoms with Gasteiger partial charge in [-0.05, 0) is 48.4 Å². The molecule has 1 aliphatic rings. The molecule has 228 valence electrons. The summed E-state index contributed by atoms with van der Waals surface area (Å²) in [5, 5.41) is 0. The summed E-state index contributed by atoms with van der Waals surface area (Å²) in [5.74, 6) is 1.72. The first kappa shape index (κ1) is 30.4. The minimum atomic E-state index is -0.873. The number of hydrogen-bond donors (Lipinski definition) is 0. The monoisotopic (exact) mass is 616 g/mol. The maximum absolute atomic E-state index is 14.2.